The molecule has 1 aromatic carbocycles. The van der Waals surface area contributed by atoms with Gasteiger partial charge in [-0.25, -0.2) is 13.8 Å². The van der Waals surface area contributed by atoms with Gasteiger partial charge in [0.15, 0.2) is 11.4 Å². The van der Waals surface area contributed by atoms with Crippen molar-refractivity contribution in [2.75, 3.05) is 19.8 Å². The van der Waals surface area contributed by atoms with Crippen LogP contribution in [0.15, 0.2) is 41.7 Å². The Morgan fingerprint density at radius 3 is 2.79 bits per heavy atom. The maximum Gasteiger partial charge on any atom is 0.293 e. The number of pyridine rings is 1. The molecule has 1 unspecified atom stereocenters. The average molecular weight is 423 g/mol. The summed E-state index contributed by atoms with van der Waals surface area (Å²) in [7, 11) is -1.42. The highest BCUT2D eigenvalue weighted by molar-refractivity contribution is 7.84. The second-order valence-electron chi connectivity index (χ2n) is 6.65. The van der Waals surface area contributed by atoms with Gasteiger partial charge in [0.1, 0.15) is 25.6 Å². The first-order chi connectivity index (χ1) is 13.9. The Morgan fingerprint density at radius 1 is 1.28 bits per heavy atom. The summed E-state index contributed by atoms with van der Waals surface area (Å²) in [5, 5.41) is 0.378. The molecule has 3 aromatic rings. The van der Waals surface area contributed by atoms with E-state index >= 15 is 0 Å². The number of para-hydroxylation sites is 2. The van der Waals surface area contributed by atoms with E-state index < -0.39 is 36.2 Å². The lowest BCUT2D eigenvalue weighted by Crippen LogP contribution is -2.43. The Morgan fingerprint density at radius 2 is 2.03 bits per heavy atom. The van der Waals surface area contributed by atoms with Gasteiger partial charge in [-0.3, -0.25) is 9.19 Å². The fraction of sp³-hybridized carbons (Fsp3) is 0.368. The first-order valence-electron chi connectivity index (χ1n) is 8.93. The van der Waals surface area contributed by atoms with Crippen LogP contribution in [0, 0.1) is 6.92 Å². The lowest BCUT2D eigenvalue weighted by atomic mass is 10.2. The molecule has 0 spiro atoms. The SMILES string of the molecule is Cc1c(OCC2OCC(F)(F)CO2)ccnc1CS(=O)c1nc2ccccc2[nH]1. The number of hydrogen-bond donors (Lipinski definition) is 1. The molecule has 0 saturated carbocycles. The van der Waals surface area contributed by atoms with Crippen molar-refractivity contribution in [2.45, 2.75) is 30.0 Å². The number of benzene rings is 1. The van der Waals surface area contributed by atoms with Gasteiger partial charge in [0.25, 0.3) is 5.92 Å². The third kappa shape index (κ3) is 4.60. The maximum absolute atomic E-state index is 13.1. The van der Waals surface area contributed by atoms with Crippen LogP contribution in [0.2, 0.25) is 0 Å². The molecule has 4 rings (SSSR count). The molecule has 1 saturated heterocycles. The quantitative estimate of drug-likeness (QED) is 0.656. The molecule has 1 atom stereocenters. The fourth-order valence-electron chi connectivity index (χ4n) is 2.86. The molecule has 29 heavy (non-hydrogen) atoms. The zero-order chi connectivity index (χ0) is 20.4. The number of rotatable bonds is 6. The molecular weight excluding hydrogens is 404 g/mol. The van der Waals surface area contributed by atoms with Gasteiger partial charge in [0, 0.05) is 11.8 Å². The van der Waals surface area contributed by atoms with Crippen LogP contribution in [0.4, 0.5) is 8.78 Å². The number of halogens is 2. The van der Waals surface area contributed by atoms with Crippen molar-refractivity contribution < 1.29 is 27.2 Å². The Kier molecular flexibility index (Phi) is 5.57. The van der Waals surface area contributed by atoms with Crippen molar-refractivity contribution >= 4 is 21.8 Å². The van der Waals surface area contributed by atoms with E-state index in [9.17, 15) is 13.0 Å². The molecule has 10 heteroatoms. The van der Waals surface area contributed by atoms with Crippen LogP contribution < -0.4 is 4.74 Å². The first kappa shape index (κ1) is 19.9. The Labute approximate surface area is 167 Å². The average Bonchev–Trinajstić information content (AvgIpc) is 3.14. The van der Waals surface area contributed by atoms with Gasteiger partial charge in [-0.05, 0) is 25.1 Å². The Bertz CT molecular complexity index is 1000. The summed E-state index contributed by atoms with van der Waals surface area (Å²) < 4.78 is 54.4. The zero-order valence-corrected chi connectivity index (χ0v) is 16.4. The normalized spacial score (nSPS) is 18.0. The molecule has 0 bridgehead atoms. The number of ether oxygens (including phenoxy) is 3. The van der Waals surface area contributed by atoms with Gasteiger partial charge in [-0.15, -0.1) is 0 Å². The van der Waals surface area contributed by atoms with Gasteiger partial charge < -0.3 is 19.2 Å². The fourth-order valence-corrected chi connectivity index (χ4v) is 3.96. The molecule has 3 heterocycles. The number of nitrogens with zero attached hydrogens (tertiary/aromatic N) is 2. The zero-order valence-electron chi connectivity index (χ0n) is 15.6. The van der Waals surface area contributed by atoms with E-state index in [2.05, 4.69) is 15.0 Å². The summed E-state index contributed by atoms with van der Waals surface area (Å²) in [4.78, 5) is 11.7. The van der Waals surface area contributed by atoms with Crippen molar-refractivity contribution in [1.82, 2.24) is 15.0 Å². The van der Waals surface area contributed by atoms with Crippen LogP contribution in [-0.2, 0) is 26.0 Å². The molecule has 1 N–H and O–H groups in total. The van der Waals surface area contributed by atoms with E-state index in [1.807, 2.05) is 24.3 Å². The van der Waals surface area contributed by atoms with Crippen LogP contribution >= 0.6 is 0 Å². The predicted octanol–water partition coefficient (Wildman–Crippen LogP) is 2.96. The van der Waals surface area contributed by atoms with E-state index in [0.29, 0.717) is 22.2 Å². The third-order valence-corrected chi connectivity index (χ3v) is 5.61. The lowest BCUT2D eigenvalue weighted by Gasteiger charge is -2.29. The minimum Gasteiger partial charge on any atom is -0.488 e. The lowest BCUT2D eigenvalue weighted by molar-refractivity contribution is -0.273. The Hall–Kier alpha value is -2.43. The summed E-state index contributed by atoms with van der Waals surface area (Å²) >= 11 is 0. The molecule has 1 aliphatic heterocycles. The standard InChI is InChI=1S/C19H19F2N3O4S/c1-12-15(9-29(25)18-23-13-4-2-3-5-14(13)24-18)22-7-6-16(12)26-8-17-27-10-19(20,21)11-28-17/h2-7,17H,8-11H2,1H3,(H,23,24). The largest absolute Gasteiger partial charge is 0.488 e. The maximum atomic E-state index is 13.1. The minimum atomic E-state index is -2.98. The van der Waals surface area contributed by atoms with Gasteiger partial charge >= 0.3 is 0 Å². The molecule has 0 amide bonds. The summed E-state index contributed by atoms with van der Waals surface area (Å²) in [5.41, 5.74) is 2.86. The van der Waals surface area contributed by atoms with Gasteiger partial charge in [-0.2, -0.15) is 0 Å². The number of fused-ring (bicyclic) bond motifs is 1. The van der Waals surface area contributed by atoms with Crippen LogP contribution in [0.25, 0.3) is 11.0 Å². The molecular formula is C19H19F2N3O4S. The number of aromatic nitrogens is 3. The predicted molar refractivity (Wildman–Crippen MR) is 101 cm³/mol. The summed E-state index contributed by atoms with van der Waals surface area (Å²) in [6.45, 7) is 0.368. The third-order valence-electron chi connectivity index (χ3n) is 4.45. The number of aromatic amines is 1. The number of nitrogens with one attached hydrogen (secondary N) is 1. The van der Waals surface area contributed by atoms with E-state index in [1.54, 1.807) is 19.2 Å². The Balaban J connectivity index is 1.41. The topological polar surface area (TPSA) is 86.3 Å². The van der Waals surface area contributed by atoms with Gasteiger partial charge in [-0.1, -0.05) is 12.1 Å². The second kappa shape index (κ2) is 8.13. The highest BCUT2D eigenvalue weighted by atomic mass is 32.2. The molecule has 0 radical (unpaired) electrons. The summed E-state index contributed by atoms with van der Waals surface area (Å²) in [6.07, 6.45) is 0.680. The number of alkyl halides is 2. The molecule has 154 valence electrons. The smallest absolute Gasteiger partial charge is 0.293 e. The number of H-pyrrole nitrogens is 1. The second-order valence-corrected chi connectivity index (χ2v) is 8.01. The van der Waals surface area contributed by atoms with Crippen LogP contribution in [0.1, 0.15) is 11.3 Å². The number of imidazole rings is 1. The van der Waals surface area contributed by atoms with Crippen LogP contribution in [0.3, 0.4) is 0 Å². The van der Waals surface area contributed by atoms with E-state index in [0.717, 1.165) is 11.0 Å². The van der Waals surface area contributed by atoms with Gasteiger partial charge in [0.2, 0.25) is 0 Å². The van der Waals surface area contributed by atoms with E-state index in [4.69, 9.17) is 14.2 Å². The van der Waals surface area contributed by atoms with E-state index in [1.165, 1.54) is 0 Å². The van der Waals surface area contributed by atoms with E-state index in [-0.39, 0.29) is 12.4 Å². The molecule has 1 aliphatic rings. The summed E-state index contributed by atoms with van der Waals surface area (Å²) in [6, 6.07) is 9.10. The number of hydrogen-bond acceptors (Lipinski definition) is 6. The van der Waals surface area contributed by atoms with Gasteiger partial charge in [0.05, 0.1) is 33.3 Å². The van der Waals surface area contributed by atoms with Crippen molar-refractivity contribution in [3.63, 3.8) is 0 Å². The molecule has 2 aromatic heterocycles. The highest BCUT2D eigenvalue weighted by Crippen LogP contribution is 2.25. The van der Waals surface area contributed by atoms with Crippen LogP contribution in [-0.4, -0.2) is 51.2 Å². The molecule has 7 nitrogen and oxygen atoms in total. The monoisotopic (exact) mass is 423 g/mol. The first-order valence-corrected chi connectivity index (χ1v) is 10.2. The van der Waals surface area contributed by atoms with Crippen molar-refractivity contribution in [3.05, 3.63) is 47.8 Å². The van der Waals surface area contributed by atoms with Crippen molar-refractivity contribution in [1.29, 1.82) is 0 Å². The van der Waals surface area contributed by atoms with Crippen molar-refractivity contribution in [3.8, 4) is 5.75 Å². The minimum absolute atomic E-state index is 0.0347. The molecule has 0 aliphatic carbocycles. The summed E-state index contributed by atoms with van der Waals surface area (Å²) in [5.74, 6) is -2.32. The molecule has 1 fully saturated rings. The van der Waals surface area contributed by atoms with Crippen LogP contribution in [0.5, 0.6) is 5.75 Å². The van der Waals surface area contributed by atoms with Crippen molar-refractivity contribution in [2.24, 2.45) is 0 Å². The highest BCUT2D eigenvalue weighted by Gasteiger charge is 2.37.